The fourth-order valence-electron chi connectivity index (χ4n) is 2.78. The quantitative estimate of drug-likeness (QED) is 0.605. The summed E-state index contributed by atoms with van der Waals surface area (Å²) in [6.45, 7) is 5.80. The Hall–Kier alpha value is -2.89. The van der Waals surface area contributed by atoms with Gasteiger partial charge in [0.15, 0.2) is 17.5 Å². The van der Waals surface area contributed by atoms with Gasteiger partial charge in [-0.2, -0.15) is 0 Å². The average Bonchev–Trinajstić information content (AvgIpc) is 2.68. The van der Waals surface area contributed by atoms with Crippen LogP contribution in [0.2, 0.25) is 0 Å². The van der Waals surface area contributed by atoms with E-state index in [9.17, 15) is 0 Å². The van der Waals surface area contributed by atoms with E-state index in [1.165, 1.54) is 0 Å². The largest absolute Gasteiger partial charge is 0.491 e. The highest BCUT2D eigenvalue weighted by Crippen LogP contribution is 2.30. The Balaban J connectivity index is 1.48. The Morgan fingerprint density at radius 1 is 1.15 bits per heavy atom. The van der Waals surface area contributed by atoms with Gasteiger partial charge >= 0.3 is 0 Å². The van der Waals surface area contributed by atoms with Crippen molar-refractivity contribution in [3.8, 4) is 17.2 Å². The molecule has 0 saturated heterocycles. The van der Waals surface area contributed by atoms with Crippen molar-refractivity contribution in [2.45, 2.75) is 32.6 Å². The normalized spacial score (nSPS) is 16.1. The predicted octanol–water partition coefficient (Wildman–Crippen LogP) is 2.98. The van der Waals surface area contributed by atoms with E-state index in [-0.39, 0.29) is 12.2 Å². The number of para-hydroxylation sites is 2. The van der Waals surface area contributed by atoms with E-state index in [1.807, 2.05) is 56.3 Å². The molecule has 0 bridgehead atoms. The molecule has 2 aromatic rings. The Bertz CT molecular complexity index is 777. The molecule has 2 N–H and O–H groups in total. The van der Waals surface area contributed by atoms with Gasteiger partial charge in [-0.05, 0) is 43.7 Å². The van der Waals surface area contributed by atoms with Gasteiger partial charge in [-0.3, -0.25) is 4.99 Å². The summed E-state index contributed by atoms with van der Waals surface area (Å²) in [5, 5.41) is 6.60. The van der Waals surface area contributed by atoms with Crippen LogP contribution in [0.15, 0.2) is 53.5 Å². The fraction of sp³-hybridized carbons (Fsp3) is 0.381. The number of rotatable bonds is 6. The zero-order valence-electron chi connectivity index (χ0n) is 16.1. The van der Waals surface area contributed by atoms with E-state index in [4.69, 9.17) is 14.2 Å². The van der Waals surface area contributed by atoms with E-state index in [0.29, 0.717) is 25.7 Å². The van der Waals surface area contributed by atoms with Crippen molar-refractivity contribution >= 4 is 5.96 Å². The Labute approximate surface area is 160 Å². The molecule has 0 fully saturated rings. The molecule has 1 aliphatic rings. The van der Waals surface area contributed by atoms with Gasteiger partial charge < -0.3 is 24.8 Å². The lowest BCUT2D eigenvalue weighted by Crippen LogP contribution is -2.45. The summed E-state index contributed by atoms with van der Waals surface area (Å²) >= 11 is 0. The second-order valence-electron chi connectivity index (χ2n) is 6.62. The Morgan fingerprint density at radius 3 is 2.74 bits per heavy atom. The second-order valence-corrected chi connectivity index (χ2v) is 6.62. The molecule has 1 atom stereocenters. The first-order valence-corrected chi connectivity index (χ1v) is 9.22. The first kappa shape index (κ1) is 18.9. The number of guanidine groups is 1. The summed E-state index contributed by atoms with van der Waals surface area (Å²) in [5.74, 6) is 3.16. The molecule has 1 unspecified atom stereocenters. The van der Waals surface area contributed by atoms with Crippen molar-refractivity contribution in [3.05, 3.63) is 54.1 Å². The molecule has 1 aliphatic heterocycles. The molecule has 2 aromatic carbocycles. The van der Waals surface area contributed by atoms with Gasteiger partial charge in [0.05, 0.1) is 12.6 Å². The Morgan fingerprint density at radius 2 is 1.96 bits per heavy atom. The minimum atomic E-state index is -0.0683. The van der Waals surface area contributed by atoms with Gasteiger partial charge in [0.1, 0.15) is 18.5 Å². The SMILES string of the molecule is CN=C(NCc1cccc(OC(C)C)c1)NCC1COc2ccccc2O1. The first-order valence-electron chi connectivity index (χ1n) is 9.22. The molecular weight excluding hydrogens is 342 g/mol. The van der Waals surface area contributed by atoms with Crippen LogP contribution in [0.25, 0.3) is 0 Å². The molecule has 6 heteroatoms. The monoisotopic (exact) mass is 369 g/mol. The van der Waals surface area contributed by atoms with Crippen LogP contribution in [0.5, 0.6) is 17.2 Å². The fourth-order valence-corrected chi connectivity index (χ4v) is 2.78. The number of fused-ring (bicyclic) bond motifs is 1. The minimum Gasteiger partial charge on any atom is -0.491 e. The maximum atomic E-state index is 5.96. The van der Waals surface area contributed by atoms with E-state index >= 15 is 0 Å². The minimum absolute atomic E-state index is 0.0683. The van der Waals surface area contributed by atoms with Gasteiger partial charge in [-0.15, -0.1) is 0 Å². The number of aliphatic imine (C=N–C) groups is 1. The van der Waals surface area contributed by atoms with E-state index in [2.05, 4.69) is 21.7 Å². The Kier molecular flexibility index (Phi) is 6.41. The molecule has 0 radical (unpaired) electrons. The van der Waals surface area contributed by atoms with Crippen molar-refractivity contribution in [2.75, 3.05) is 20.2 Å². The highest BCUT2D eigenvalue weighted by molar-refractivity contribution is 5.79. The van der Waals surface area contributed by atoms with Crippen LogP contribution in [0.3, 0.4) is 0 Å². The topological polar surface area (TPSA) is 64.1 Å². The van der Waals surface area contributed by atoms with Crippen LogP contribution in [-0.4, -0.2) is 38.4 Å². The highest BCUT2D eigenvalue weighted by atomic mass is 16.6. The zero-order chi connectivity index (χ0) is 19.1. The van der Waals surface area contributed by atoms with Gasteiger partial charge in [0.25, 0.3) is 0 Å². The van der Waals surface area contributed by atoms with E-state index in [0.717, 1.165) is 22.8 Å². The van der Waals surface area contributed by atoms with E-state index < -0.39 is 0 Å². The number of hydrogen-bond acceptors (Lipinski definition) is 4. The van der Waals surface area contributed by atoms with Crippen LogP contribution in [0, 0.1) is 0 Å². The number of nitrogens with one attached hydrogen (secondary N) is 2. The van der Waals surface area contributed by atoms with Crippen molar-refractivity contribution in [2.24, 2.45) is 4.99 Å². The summed E-state index contributed by atoms with van der Waals surface area (Å²) in [5.41, 5.74) is 1.13. The maximum absolute atomic E-state index is 5.96. The van der Waals surface area contributed by atoms with Crippen LogP contribution in [0.1, 0.15) is 19.4 Å². The number of ether oxygens (including phenoxy) is 3. The molecule has 27 heavy (non-hydrogen) atoms. The van der Waals surface area contributed by atoms with Gasteiger partial charge in [0.2, 0.25) is 0 Å². The molecular formula is C21H27N3O3. The van der Waals surface area contributed by atoms with Crippen LogP contribution >= 0.6 is 0 Å². The molecule has 0 aromatic heterocycles. The van der Waals surface area contributed by atoms with Crippen molar-refractivity contribution in [1.82, 2.24) is 10.6 Å². The van der Waals surface area contributed by atoms with Crippen molar-refractivity contribution in [3.63, 3.8) is 0 Å². The third-order valence-corrected chi connectivity index (χ3v) is 4.02. The first-order chi connectivity index (χ1) is 13.1. The second kappa shape index (κ2) is 9.16. The summed E-state index contributed by atoms with van der Waals surface area (Å²) in [7, 11) is 1.75. The highest BCUT2D eigenvalue weighted by Gasteiger charge is 2.20. The lowest BCUT2D eigenvalue weighted by atomic mass is 10.2. The van der Waals surface area contributed by atoms with Crippen LogP contribution < -0.4 is 24.8 Å². The van der Waals surface area contributed by atoms with Crippen molar-refractivity contribution < 1.29 is 14.2 Å². The maximum Gasteiger partial charge on any atom is 0.191 e. The molecule has 0 amide bonds. The lowest BCUT2D eigenvalue weighted by Gasteiger charge is -2.27. The molecule has 3 rings (SSSR count). The standard InChI is InChI=1S/C21H27N3O3/c1-15(2)26-17-8-6-7-16(11-17)12-23-21(22-3)24-13-18-14-25-19-9-4-5-10-20(19)27-18/h4-11,15,18H,12-14H2,1-3H3,(H2,22,23,24). The number of benzene rings is 2. The van der Waals surface area contributed by atoms with Gasteiger partial charge in [-0.25, -0.2) is 0 Å². The molecule has 0 saturated carbocycles. The molecule has 144 valence electrons. The smallest absolute Gasteiger partial charge is 0.191 e. The van der Waals surface area contributed by atoms with Gasteiger partial charge in [0, 0.05) is 13.6 Å². The third kappa shape index (κ3) is 5.54. The third-order valence-electron chi connectivity index (χ3n) is 4.02. The summed E-state index contributed by atoms with van der Waals surface area (Å²) < 4.78 is 17.4. The summed E-state index contributed by atoms with van der Waals surface area (Å²) in [4.78, 5) is 4.27. The average molecular weight is 369 g/mol. The predicted molar refractivity (Wildman–Crippen MR) is 107 cm³/mol. The molecule has 0 spiro atoms. The molecule has 6 nitrogen and oxygen atoms in total. The lowest BCUT2D eigenvalue weighted by molar-refractivity contribution is 0.0936. The molecule has 1 heterocycles. The van der Waals surface area contributed by atoms with Crippen LogP contribution in [0.4, 0.5) is 0 Å². The van der Waals surface area contributed by atoms with E-state index in [1.54, 1.807) is 7.05 Å². The zero-order valence-corrected chi connectivity index (χ0v) is 16.1. The number of hydrogen-bond donors (Lipinski definition) is 2. The summed E-state index contributed by atoms with van der Waals surface area (Å²) in [6, 6.07) is 15.8. The molecule has 0 aliphatic carbocycles. The number of nitrogens with zero attached hydrogens (tertiary/aromatic N) is 1. The van der Waals surface area contributed by atoms with Gasteiger partial charge in [-0.1, -0.05) is 24.3 Å². The summed E-state index contributed by atoms with van der Waals surface area (Å²) in [6.07, 6.45) is 0.0895. The van der Waals surface area contributed by atoms with Crippen LogP contribution in [-0.2, 0) is 6.54 Å². The van der Waals surface area contributed by atoms with Crippen molar-refractivity contribution in [1.29, 1.82) is 0 Å².